The van der Waals surface area contributed by atoms with E-state index in [-0.39, 0.29) is 8.47 Å². The van der Waals surface area contributed by atoms with E-state index in [0.29, 0.717) is 0 Å². The summed E-state index contributed by atoms with van der Waals surface area (Å²) in [4.78, 5) is -0.102. The molecule has 0 radical (unpaired) electrons. The molecule has 2 aromatic carbocycles. The Morgan fingerprint density at radius 1 is 0.923 bits per heavy atom. The molecule has 0 aromatic heterocycles. The van der Waals surface area contributed by atoms with Gasteiger partial charge in [0.05, 0.1) is 0 Å². The Hall–Kier alpha value is -1.18. The van der Waals surface area contributed by atoms with Crippen LogP contribution in [-0.4, -0.2) is 26.1 Å². The molecule has 0 saturated carbocycles. The second-order valence-electron chi connectivity index (χ2n) is 5.12. The van der Waals surface area contributed by atoms with E-state index in [4.69, 9.17) is 0 Å². The molecule has 11 heteroatoms. The number of hydrogen-bond donors (Lipinski definition) is 0. The van der Waals surface area contributed by atoms with Crippen molar-refractivity contribution in [3.63, 3.8) is 0 Å². The molecule has 5 nitrogen and oxygen atoms in total. The molecule has 0 atom stereocenters. The van der Waals surface area contributed by atoms with Crippen molar-refractivity contribution in [2.24, 2.45) is 0 Å². The molecular formula is C15H14F3IO5S2. The van der Waals surface area contributed by atoms with Gasteiger partial charge < -0.3 is 0 Å². The first-order valence-electron chi connectivity index (χ1n) is 6.94. The number of alkyl halides is 4. The second kappa shape index (κ2) is 7.82. The van der Waals surface area contributed by atoms with E-state index >= 15 is 0 Å². The third kappa shape index (κ3) is 5.18. The molecule has 2 aromatic rings. The summed E-state index contributed by atoms with van der Waals surface area (Å²) < 4.78 is 89.6. The topological polar surface area (TPSA) is 77.5 Å². The molecule has 0 aliphatic rings. The summed E-state index contributed by atoms with van der Waals surface area (Å²) in [6.07, 6.45) is 0. The molecule has 0 amide bonds. The van der Waals surface area contributed by atoms with Gasteiger partial charge in [-0.15, -0.1) is 0 Å². The first-order chi connectivity index (χ1) is 11.9. The molecular weight excluding hydrogens is 508 g/mol. The van der Waals surface area contributed by atoms with Crippen LogP contribution in [0.3, 0.4) is 0 Å². The fraction of sp³-hybridized carbons (Fsp3) is 0.200. The first kappa shape index (κ1) is 21.1. The monoisotopic (exact) mass is 522 g/mol. The van der Waals surface area contributed by atoms with Crippen LogP contribution in [0.25, 0.3) is 0 Å². The molecule has 0 unspecified atom stereocenters. The molecule has 0 spiro atoms. The third-order valence-electron chi connectivity index (χ3n) is 3.04. The van der Waals surface area contributed by atoms with Gasteiger partial charge in [-0.25, -0.2) is 0 Å². The maximum absolute atomic E-state index is 12.7. The number of halogens is 4. The van der Waals surface area contributed by atoms with Gasteiger partial charge in [-0.2, -0.15) is 0 Å². The van der Waals surface area contributed by atoms with Gasteiger partial charge in [0.15, 0.2) is 0 Å². The van der Waals surface area contributed by atoms with Crippen LogP contribution in [-0.2, 0) is 22.5 Å². The summed E-state index contributed by atoms with van der Waals surface area (Å²) >= 11 is -3.74. The van der Waals surface area contributed by atoms with Crippen molar-refractivity contribution < 1.29 is 32.5 Å². The SMILES string of the molecule is Cc1ccc(S(=O)(=O)CI(OS(=O)(=O)C(F)(F)F)c2ccccc2)cc1. The quantitative estimate of drug-likeness (QED) is 0.327. The molecule has 0 saturated heterocycles. The zero-order valence-electron chi connectivity index (χ0n) is 13.3. The van der Waals surface area contributed by atoms with Crippen molar-refractivity contribution >= 4 is 40.2 Å². The zero-order valence-corrected chi connectivity index (χ0v) is 17.1. The Morgan fingerprint density at radius 2 is 1.46 bits per heavy atom. The average Bonchev–Trinajstić information content (AvgIpc) is 2.54. The van der Waals surface area contributed by atoms with Gasteiger partial charge in [0.1, 0.15) is 0 Å². The molecule has 0 aliphatic heterocycles. The Kier molecular flexibility index (Phi) is 6.36. The summed E-state index contributed by atoms with van der Waals surface area (Å²) in [6, 6.07) is 13.0. The first-order valence-corrected chi connectivity index (χ1v) is 13.5. The number of hydrogen-bond acceptors (Lipinski definition) is 5. The van der Waals surface area contributed by atoms with Crippen molar-refractivity contribution in [3.05, 3.63) is 63.7 Å². The van der Waals surface area contributed by atoms with E-state index in [1.807, 2.05) is 0 Å². The van der Waals surface area contributed by atoms with Crippen molar-refractivity contribution in [1.29, 1.82) is 0 Å². The molecule has 0 N–H and O–H groups in total. The van der Waals surface area contributed by atoms with Gasteiger partial charge in [0.25, 0.3) is 0 Å². The predicted octanol–water partition coefficient (Wildman–Crippen LogP) is 3.88. The fourth-order valence-corrected chi connectivity index (χ4v) is 12.8. The molecule has 0 fully saturated rings. The number of rotatable bonds is 6. The van der Waals surface area contributed by atoms with Crippen LogP contribution in [0.1, 0.15) is 5.56 Å². The average molecular weight is 522 g/mol. The van der Waals surface area contributed by atoms with Crippen LogP contribution in [0.5, 0.6) is 0 Å². The van der Waals surface area contributed by atoms with Crippen LogP contribution < -0.4 is 0 Å². The normalized spacial score (nSPS) is 13.5. The van der Waals surface area contributed by atoms with E-state index in [1.165, 1.54) is 36.4 Å². The van der Waals surface area contributed by atoms with Crippen molar-refractivity contribution in [2.75, 3.05) is 3.76 Å². The Morgan fingerprint density at radius 3 is 1.96 bits per heavy atom. The van der Waals surface area contributed by atoms with Crippen LogP contribution in [0, 0.1) is 10.5 Å². The van der Waals surface area contributed by atoms with Gasteiger partial charge >= 0.3 is 158 Å². The molecule has 0 bridgehead atoms. The molecule has 144 valence electrons. The van der Waals surface area contributed by atoms with Crippen LogP contribution >= 0.6 is 20.2 Å². The fourth-order valence-electron chi connectivity index (χ4n) is 1.75. The van der Waals surface area contributed by atoms with E-state index in [2.05, 4.69) is 2.51 Å². The van der Waals surface area contributed by atoms with Gasteiger partial charge in [0, 0.05) is 0 Å². The number of sulfone groups is 1. The van der Waals surface area contributed by atoms with Crippen molar-refractivity contribution in [1.82, 2.24) is 0 Å². The van der Waals surface area contributed by atoms with Crippen molar-refractivity contribution in [2.45, 2.75) is 17.3 Å². The minimum atomic E-state index is -5.90. The van der Waals surface area contributed by atoms with Gasteiger partial charge in [-0.05, 0) is 0 Å². The summed E-state index contributed by atoms with van der Waals surface area (Å²) in [6.45, 7) is 1.75. The minimum absolute atomic E-state index is 0.102. The van der Waals surface area contributed by atoms with Crippen LogP contribution in [0.4, 0.5) is 13.2 Å². The molecule has 0 heterocycles. The van der Waals surface area contributed by atoms with Gasteiger partial charge in [-0.3, -0.25) is 0 Å². The van der Waals surface area contributed by atoms with Crippen molar-refractivity contribution in [3.8, 4) is 0 Å². The van der Waals surface area contributed by atoms with E-state index in [0.717, 1.165) is 5.56 Å². The molecule has 0 aliphatic carbocycles. The van der Waals surface area contributed by atoms with Gasteiger partial charge in [0.2, 0.25) is 0 Å². The van der Waals surface area contributed by atoms with E-state index in [9.17, 15) is 30.0 Å². The Bertz CT molecular complexity index is 957. The Balaban J connectivity index is 2.41. The van der Waals surface area contributed by atoms with Crippen LogP contribution in [0.2, 0.25) is 0 Å². The molecule has 2 rings (SSSR count). The number of benzene rings is 2. The Labute approximate surface area is 157 Å². The predicted molar refractivity (Wildman–Crippen MR) is 98.5 cm³/mol. The molecule has 26 heavy (non-hydrogen) atoms. The second-order valence-corrected chi connectivity index (χ2v) is 14.6. The summed E-state index contributed by atoms with van der Waals surface area (Å²) in [5.74, 6) is 0. The van der Waals surface area contributed by atoms with E-state index in [1.54, 1.807) is 25.1 Å². The standard InChI is InChI=1S/C15H14F3IO5S2/c1-12-7-9-14(10-8-12)25(20,21)11-19(13-5-3-2-4-6-13)24-26(22,23)15(16,17)18/h2-10H,11H2,1H3. The third-order valence-corrected chi connectivity index (χ3v) is 14.4. The van der Waals surface area contributed by atoms with Gasteiger partial charge in [-0.1, -0.05) is 0 Å². The summed E-state index contributed by atoms with van der Waals surface area (Å²) in [5, 5.41) is 0. The number of aryl methyl sites for hydroxylation is 1. The van der Waals surface area contributed by atoms with Crippen LogP contribution in [0.15, 0.2) is 59.5 Å². The maximum atomic E-state index is 12.7. The summed E-state index contributed by atoms with van der Waals surface area (Å²) in [5.41, 5.74) is -4.82. The van der Waals surface area contributed by atoms with E-state index < -0.39 is 49.5 Å². The zero-order chi connectivity index (χ0) is 19.6. The summed E-state index contributed by atoms with van der Waals surface area (Å²) in [7, 11) is -9.93.